The number of methoxy groups -OCH3 is 1. The van der Waals surface area contributed by atoms with Crippen LogP contribution < -0.4 is 14.8 Å². The van der Waals surface area contributed by atoms with Gasteiger partial charge in [0.05, 0.1) is 28.9 Å². The lowest BCUT2D eigenvalue weighted by Gasteiger charge is -2.68. The van der Waals surface area contributed by atoms with Crippen molar-refractivity contribution in [3.63, 3.8) is 0 Å². The number of hydrogen-bond donors (Lipinski definition) is 1. The standard InChI is InChI=1S/C54H82NO2PS/c1-48(2,3)43-23-39(24-44(47(43)57-14)49(4,5)6)46(55-59(56)50(7,8)9)40-25-41-42(52(12,13)16-15-51(41,10)11)26-45(40)58(53-27-33-17-34(28-53)19-35(18-33)29-53)54-30-36-20-37(31-54)22-38(21-36)32-54/h23-26,33-38,46,55H,15-22,27-32H2,1-14H3/t33?,34?,35?,36?,37?,38?,46-,53?,54?,58?,59+/m0/s1. The number of benzene rings is 2. The summed E-state index contributed by atoms with van der Waals surface area (Å²) in [5.74, 6) is 6.54. The van der Waals surface area contributed by atoms with Crippen LogP contribution in [0.5, 0.6) is 5.75 Å². The third kappa shape index (κ3) is 7.40. The van der Waals surface area contributed by atoms with Crippen molar-refractivity contribution >= 4 is 24.2 Å². The predicted octanol–water partition coefficient (Wildman–Crippen LogP) is 13.8. The lowest BCUT2D eigenvalue weighted by Crippen LogP contribution is -2.58. The van der Waals surface area contributed by atoms with E-state index in [4.69, 9.17) is 4.74 Å². The molecular weight excluding hydrogens is 758 g/mol. The molecule has 9 aliphatic rings. The van der Waals surface area contributed by atoms with Crippen LogP contribution in [0.25, 0.3) is 0 Å². The van der Waals surface area contributed by atoms with Crippen molar-refractivity contribution in [1.29, 1.82) is 0 Å². The first-order chi connectivity index (χ1) is 27.3. The number of nitrogens with one attached hydrogen (secondary N) is 1. The Morgan fingerprint density at radius 3 is 1.34 bits per heavy atom. The minimum absolute atomic E-state index is 0.0725. The van der Waals surface area contributed by atoms with E-state index in [-0.39, 0.29) is 27.7 Å². The molecule has 0 spiro atoms. The van der Waals surface area contributed by atoms with Crippen LogP contribution in [0.4, 0.5) is 0 Å². The summed E-state index contributed by atoms with van der Waals surface area (Å²) >= 11 is 0. The average molecular weight is 840 g/mol. The van der Waals surface area contributed by atoms with Gasteiger partial charge in [-0.15, -0.1) is 0 Å². The van der Waals surface area contributed by atoms with Gasteiger partial charge in [0, 0.05) is 11.1 Å². The van der Waals surface area contributed by atoms with Crippen molar-refractivity contribution in [3.8, 4) is 5.75 Å². The van der Waals surface area contributed by atoms with Gasteiger partial charge in [0.25, 0.3) is 0 Å². The first kappa shape index (κ1) is 43.1. The van der Waals surface area contributed by atoms with E-state index in [9.17, 15) is 4.21 Å². The quantitative estimate of drug-likeness (QED) is 0.269. The number of ether oxygens (including phenoxy) is 1. The molecule has 0 aromatic heterocycles. The SMILES string of the molecule is COc1c(C(C)(C)C)cc([C@H](N[S@](=O)C(C)(C)C)c2cc3c(cc2P(C24CC5CC(CC(C5)C2)C4)C24CC5CC(CC(C5)C2)C4)C(C)(C)CCC3(C)C)cc1C(C)(C)C. The fourth-order valence-corrected chi connectivity index (χ4v) is 21.7. The third-order valence-corrected chi connectivity index (χ3v) is 23.0. The molecule has 9 aliphatic carbocycles. The fourth-order valence-electron chi connectivity index (χ4n) is 15.5. The van der Waals surface area contributed by atoms with Gasteiger partial charge >= 0.3 is 0 Å². The van der Waals surface area contributed by atoms with Crippen LogP contribution in [0.15, 0.2) is 24.3 Å². The van der Waals surface area contributed by atoms with Crippen LogP contribution in [0, 0.1) is 35.5 Å². The molecule has 3 nitrogen and oxygen atoms in total. The first-order valence-corrected chi connectivity index (χ1v) is 26.7. The molecule has 1 N–H and O–H groups in total. The Labute approximate surface area is 364 Å². The maximum absolute atomic E-state index is 14.9. The van der Waals surface area contributed by atoms with Crippen molar-refractivity contribution in [3.05, 3.63) is 57.6 Å². The highest BCUT2D eigenvalue weighted by atomic mass is 32.2. The van der Waals surface area contributed by atoms with Crippen LogP contribution in [0.2, 0.25) is 0 Å². The minimum atomic E-state index is -1.28. The van der Waals surface area contributed by atoms with Gasteiger partial charge in [-0.1, -0.05) is 89.3 Å². The molecule has 0 saturated heterocycles. The normalized spacial score (nSPS) is 35.7. The summed E-state index contributed by atoms with van der Waals surface area (Å²) in [6, 6.07) is 10.4. The van der Waals surface area contributed by atoms with Gasteiger partial charge in [-0.25, -0.2) is 8.93 Å². The molecule has 5 heteroatoms. The molecule has 59 heavy (non-hydrogen) atoms. The summed E-state index contributed by atoms with van der Waals surface area (Å²) in [6.07, 6.45) is 20.2. The zero-order valence-electron chi connectivity index (χ0n) is 39.9. The molecule has 8 fully saturated rings. The first-order valence-electron chi connectivity index (χ1n) is 24.2. The summed E-state index contributed by atoms with van der Waals surface area (Å²) in [6.45, 7) is 30.6. The predicted molar refractivity (Wildman–Crippen MR) is 253 cm³/mol. The maximum Gasteiger partial charge on any atom is 0.126 e. The molecule has 2 aromatic carbocycles. The molecule has 11 rings (SSSR count). The number of rotatable bonds is 8. The Morgan fingerprint density at radius 2 is 1.00 bits per heavy atom. The summed E-state index contributed by atoms with van der Waals surface area (Å²) < 4.78 is 24.9. The highest BCUT2D eigenvalue weighted by molar-refractivity contribution is 7.84. The third-order valence-electron chi connectivity index (χ3n) is 17.6. The molecule has 2 aromatic rings. The molecule has 0 amide bonds. The molecular formula is C54H82NO2PS. The highest BCUT2D eigenvalue weighted by Gasteiger charge is 2.64. The summed E-state index contributed by atoms with van der Waals surface area (Å²) in [5.41, 5.74) is 8.35. The lowest BCUT2D eigenvalue weighted by molar-refractivity contribution is 0.0195. The van der Waals surface area contributed by atoms with Crippen LogP contribution >= 0.6 is 7.92 Å². The Bertz CT molecular complexity index is 1850. The van der Waals surface area contributed by atoms with Crippen molar-refractivity contribution < 1.29 is 8.95 Å². The van der Waals surface area contributed by atoms with Gasteiger partial charge in [-0.3, -0.25) is 0 Å². The second kappa shape index (κ2) is 14.1. The smallest absolute Gasteiger partial charge is 0.126 e. The van der Waals surface area contributed by atoms with Gasteiger partial charge < -0.3 is 4.74 Å². The molecule has 0 heterocycles. The van der Waals surface area contributed by atoms with Gasteiger partial charge in [0.2, 0.25) is 0 Å². The Balaban J connectivity index is 1.37. The largest absolute Gasteiger partial charge is 0.496 e. The number of fused-ring (bicyclic) bond motifs is 1. The second-order valence-electron chi connectivity index (χ2n) is 26.4. The van der Waals surface area contributed by atoms with E-state index in [1.807, 2.05) is 7.11 Å². The van der Waals surface area contributed by atoms with Gasteiger partial charge in [0.15, 0.2) is 0 Å². The van der Waals surface area contributed by atoms with Crippen LogP contribution in [0.1, 0.15) is 219 Å². The van der Waals surface area contributed by atoms with Crippen LogP contribution in [-0.4, -0.2) is 26.4 Å². The van der Waals surface area contributed by atoms with E-state index >= 15 is 0 Å². The molecule has 0 unspecified atom stereocenters. The van der Waals surface area contributed by atoms with Crippen molar-refractivity contribution in [1.82, 2.24) is 4.72 Å². The molecule has 0 radical (unpaired) electrons. The van der Waals surface area contributed by atoms with Gasteiger partial charge in [-0.05, 0) is 218 Å². The molecule has 0 aliphatic heterocycles. The zero-order valence-corrected chi connectivity index (χ0v) is 41.6. The molecule has 8 bridgehead atoms. The minimum Gasteiger partial charge on any atom is -0.496 e. The second-order valence-corrected chi connectivity index (χ2v) is 31.5. The summed E-state index contributed by atoms with van der Waals surface area (Å²) in [4.78, 5) is 0. The van der Waals surface area contributed by atoms with E-state index in [1.54, 1.807) is 16.4 Å². The van der Waals surface area contributed by atoms with E-state index in [0.717, 1.165) is 41.3 Å². The Kier molecular flexibility index (Phi) is 10.3. The van der Waals surface area contributed by atoms with Crippen LogP contribution in [-0.2, 0) is 32.6 Å². The zero-order chi connectivity index (χ0) is 42.5. The highest BCUT2D eigenvalue weighted by Crippen LogP contribution is 2.79. The molecule has 2 atom stereocenters. The maximum atomic E-state index is 14.9. The van der Waals surface area contributed by atoms with Crippen LogP contribution in [0.3, 0.4) is 0 Å². The monoisotopic (exact) mass is 840 g/mol. The van der Waals surface area contributed by atoms with E-state index in [0.29, 0.717) is 10.3 Å². The summed E-state index contributed by atoms with van der Waals surface area (Å²) in [5, 5.41) is 2.59. The molecule has 8 saturated carbocycles. The fraction of sp³-hybridized carbons (Fsp3) is 0.778. The Morgan fingerprint density at radius 1 is 0.627 bits per heavy atom. The van der Waals surface area contributed by atoms with E-state index < -0.39 is 23.7 Å². The van der Waals surface area contributed by atoms with Crippen molar-refractivity contribution in [2.75, 3.05) is 7.11 Å². The molecule has 326 valence electrons. The van der Waals surface area contributed by atoms with Gasteiger partial charge in [0.1, 0.15) is 5.75 Å². The van der Waals surface area contributed by atoms with E-state index in [2.05, 4.69) is 119 Å². The van der Waals surface area contributed by atoms with Crippen molar-refractivity contribution in [2.45, 2.75) is 223 Å². The average Bonchev–Trinajstić information content (AvgIpc) is 3.09. The van der Waals surface area contributed by atoms with E-state index in [1.165, 1.54) is 112 Å². The van der Waals surface area contributed by atoms with Crippen molar-refractivity contribution in [2.24, 2.45) is 35.5 Å². The number of hydrogen-bond acceptors (Lipinski definition) is 2. The lowest BCUT2D eigenvalue weighted by atomic mass is 9.55. The van der Waals surface area contributed by atoms with Gasteiger partial charge in [-0.2, -0.15) is 0 Å². The topological polar surface area (TPSA) is 38.3 Å². The Hall–Kier alpha value is -1.22. The summed E-state index contributed by atoms with van der Waals surface area (Å²) in [7, 11) is 0.0558.